The highest BCUT2D eigenvalue weighted by atomic mass is 79.9. The van der Waals surface area contributed by atoms with Gasteiger partial charge in [0, 0.05) is 10.0 Å². The second-order valence-electron chi connectivity index (χ2n) is 7.31. The van der Waals surface area contributed by atoms with Crippen LogP contribution in [0.2, 0.25) is 0 Å². The summed E-state index contributed by atoms with van der Waals surface area (Å²) in [7, 11) is 0. The highest BCUT2D eigenvalue weighted by Gasteiger charge is 2.37. The topological polar surface area (TPSA) is 92.8 Å². The molecule has 0 atom stereocenters. The van der Waals surface area contributed by atoms with Crippen LogP contribution in [0.1, 0.15) is 21.5 Å². The minimum absolute atomic E-state index is 0.115. The van der Waals surface area contributed by atoms with E-state index in [0.717, 1.165) is 4.90 Å². The number of anilines is 1. The van der Waals surface area contributed by atoms with Gasteiger partial charge < -0.3 is 4.74 Å². The van der Waals surface area contributed by atoms with Crippen LogP contribution in [0.15, 0.2) is 81.2 Å². The van der Waals surface area contributed by atoms with Crippen LogP contribution in [-0.2, 0) is 9.59 Å². The number of nitrogens with one attached hydrogen (secondary N) is 1. The molecule has 4 rings (SSSR count). The second-order valence-corrected chi connectivity index (χ2v) is 9.08. The maximum Gasteiger partial charge on any atom is 0.343 e. The molecular formula is C25H16Br2N2O5. The third kappa shape index (κ3) is 4.71. The molecular weight excluding hydrogens is 568 g/mol. The maximum atomic E-state index is 13.3. The van der Waals surface area contributed by atoms with Gasteiger partial charge in [0.25, 0.3) is 11.8 Å². The number of hydrogen-bond acceptors (Lipinski definition) is 5. The Hall–Kier alpha value is -3.56. The predicted molar refractivity (Wildman–Crippen MR) is 133 cm³/mol. The molecule has 4 amide bonds. The van der Waals surface area contributed by atoms with Crippen molar-refractivity contribution in [3.8, 4) is 5.75 Å². The SMILES string of the molecule is Cc1ccccc1N1C(=O)NC(=O)/C(=C/c2cc(Br)cc(Br)c2OC(=O)c2ccccc2)C1=O. The number of aryl methyl sites for hydroxylation is 1. The number of esters is 1. The quantitative estimate of drug-likeness (QED) is 0.192. The fourth-order valence-electron chi connectivity index (χ4n) is 3.37. The van der Waals surface area contributed by atoms with Crippen LogP contribution >= 0.6 is 31.9 Å². The van der Waals surface area contributed by atoms with E-state index in [0.29, 0.717) is 25.8 Å². The van der Waals surface area contributed by atoms with Crippen LogP contribution in [0.3, 0.4) is 0 Å². The van der Waals surface area contributed by atoms with Gasteiger partial charge in [0.15, 0.2) is 5.75 Å². The zero-order valence-electron chi connectivity index (χ0n) is 17.7. The van der Waals surface area contributed by atoms with Crippen molar-refractivity contribution in [1.29, 1.82) is 0 Å². The van der Waals surface area contributed by atoms with E-state index in [9.17, 15) is 19.2 Å². The molecule has 0 bridgehead atoms. The summed E-state index contributed by atoms with van der Waals surface area (Å²) in [6.45, 7) is 1.75. The van der Waals surface area contributed by atoms with E-state index >= 15 is 0 Å². The van der Waals surface area contributed by atoms with Gasteiger partial charge in [-0.3, -0.25) is 14.9 Å². The highest BCUT2D eigenvalue weighted by molar-refractivity contribution is 9.11. The van der Waals surface area contributed by atoms with Crippen molar-refractivity contribution in [2.75, 3.05) is 4.90 Å². The number of carbonyl (C=O) groups excluding carboxylic acids is 4. The second kappa shape index (κ2) is 9.74. The molecule has 1 saturated heterocycles. The number of ether oxygens (including phenoxy) is 1. The maximum absolute atomic E-state index is 13.3. The molecule has 1 fully saturated rings. The molecule has 0 aliphatic carbocycles. The van der Waals surface area contributed by atoms with E-state index in [2.05, 4.69) is 37.2 Å². The number of benzene rings is 3. The zero-order valence-corrected chi connectivity index (χ0v) is 20.8. The number of imide groups is 2. The third-order valence-corrected chi connectivity index (χ3v) is 6.05. The van der Waals surface area contributed by atoms with Crippen molar-refractivity contribution in [1.82, 2.24) is 5.32 Å². The van der Waals surface area contributed by atoms with Gasteiger partial charge in [0.05, 0.1) is 15.7 Å². The van der Waals surface area contributed by atoms with E-state index in [1.807, 2.05) is 0 Å². The lowest BCUT2D eigenvalue weighted by atomic mass is 10.0. The predicted octanol–water partition coefficient (Wildman–Crippen LogP) is 5.41. The smallest absolute Gasteiger partial charge is 0.343 e. The Kier molecular flexibility index (Phi) is 6.76. The fraction of sp³-hybridized carbons (Fsp3) is 0.0400. The average Bonchev–Trinajstić information content (AvgIpc) is 2.80. The minimum Gasteiger partial charge on any atom is -0.421 e. The van der Waals surface area contributed by atoms with E-state index < -0.39 is 23.8 Å². The zero-order chi connectivity index (χ0) is 24.4. The number of barbiturate groups is 1. The number of hydrogen-bond donors (Lipinski definition) is 1. The summed E-state index contributed by atoms with van der Waals surface area (Å²) in [5, 5.41) is 2.20. The van der Waals surface area contributed by atoms with Gasteiger partial charge in [-0.25, -0.2) is 14.5 Å². The molecule has 1 aliphatic rings. The van der Waals surface area contributed by atoms with Crippen LogP contribution < -0.4 is 15.0 Å². The first-order valence-electron chi connectivity index (χ1n) is 9.99. The highest BCUT2D eigenvalue weighted by Crippen LogP contribution is 2.36. The van der Waals surface area contributed by atoms with Crippen molar-refractivity contribution in [2.24, 2.45) is 0 Å². The summed E-state index contributed by atoms with van der Waals surface area (Å²) in [5.74, 6) is -2.14. The Bertz CT molecular complexity index is 1370. The Morgan fingerprint density at radius 3 is 2.35 bits per heavy atom. The van der Waals surface area contributed by atoms with E-state index in [-0.39, 0.29) is 16.9 Å². The summed E-state index contributed by atoms with van der Waals surface area (Å²) in [6, 6.07) is 17.7. The van der Waals surface area contributed by atoms with Crippen molar-refractivity contribution in [3.05, 3.63) is 97.9 Å². The number of halogens is 2. The van der Waals surface area contributed by atoms with Gasteiger partial charge in [-0.15, -0.1) is 0 Å². The molecule has 34 heavy (non-hydrogen) atoms. The molecule has 3 aromatic rings. The molecule has 170 valence electrons. The number of nitrogens with zero attached hydrogens (tertiary/aromatic N) is 1. The van der Waals surface area contributed by atoms with Crippen LogP contribution in [-0.4, -0.2) is 23.8 Å². The minimum atomic E-state index is -0.851. The third-order valence-electron chi connectivity index (χ3n) is 5.00. The summed E-state index contributed by atoms with van der Waals surface area (Å²) in [6.07, 6.45) is 1.29. The lowest BCUT2D eigenvalue weighted by Crippen LogP contribution is -2.54. The van der Waals surface area contributed by atoms with Crippen LogP contribution in [0.4, 0.5) is 10.5 Å². The van der Waals surface area contributed by atoms with Crippen molar-refractivity contribution in [3.63, 3.8) is 0 Å². The van der Waals surface area contributed by atoms with Gasteiger partial charge >= 0.3 is 12.0 Å². The summed E-state index contributed by atoms with van der Waals surface area (Å²) in [5.41, 5.74) is 1.36. The van der Waals surface area contributed by atoms with E-state index in [1.165, 1.54) is 6.08 Å². The standard InChI is InChI=1S/C25H16Br2N2O5/c1-14-7-5-6-10-20(14)29-23(31)18(22(30)28-25(29)33)12-16-11-17(26)13-19(27)21(16)34-24(32)15-8-3-2-4-9-15/h2-13H,1H3,(H,28,30,33)/b18-12-. The van der Waals surface area contributed by atoms with Crippen LogP contribution in [0.5, 0.6) is 5.75 Å². The van der Waals surface area contributed by atoms with Crippen LogP contribution in [0, 0.1) is 6.92 Å². The average molecular weight is 584 g/mol. The lowest BCUT2D eigenvalue weighted by molar-refractivity contribution is -0.122. The number of para-hydroxylation sites is 1. The van der Waals surface area contributed by atoms with Crippen molar-refractivity contribution < 1.29 is 23.9 Å². The molecule has 3 aromatic carbocycles. The van der Waals surface area contributed by atoms with Gasteiger partial charge in [0.1, 0.15) is 5.57 Å². The van der Waals surface area contributed by atoms with Gasteiger partial charge in [-0.05, 0) is 64.8 Å². The molecule has 0 spiro atoms. The summed E-state index contributed by atoms with van der Waals surface area (Å²) < 4.78 is 6.64. The van der Waals surface area contributed by atoms with E-state index in [1.54, 1.807) is 73.7 Å². The Balaban J connectivity index is 1.77. The number of carbonyl (C=O) groups is 4. The fourth-order valence-corrected chi connectivity index (χ4v) is 4.71. The Morgan fingerprint density at radius 1 is 0.971 bits per heavy atom. The molecule has 0 saturated carbocycles. The van der Waals surface area contributed by atoms with Gasteiger partial charge in [-0.1, -0.05) is 52.3 Å². The van der Waals surface area contributed by atoms with Gasteiger partial charge in [-0.2, -0.15) is 0 Å². The summed E-state index contributed by atoms with van der Waals surface area (Å²) in [4.78, 5) is 52.0. The Morgan fingerprint density at radius 2 is 1.65 bits per heavy atom. The lowest BCUT2D eigenvalue weighted by Gasteiger charge is -2.27. The largest absolute Gasteiger partial charge is 0.421 e. The first-order chi connectivity index (χ1) is 16.3. The molecule has 7 nitrogen and oxygen atoms in total. The van der Waals surface area contributed by atoms with E-state index in [4.69, 9.17) is 4.74 Å². The summed E-state index contributed by atoms with van der Waals surface area (Å²) >= 11 is 6.75. The van der Waals surface area contributed by atoms with Crippen LogP contribution in [0.25, 0.3) is 6.08 Å². The molecule has 9 heteroatoms. The molecule has 0 aromatic heterocycles. The molecule has 0 unspecified atom stereocenters. The first-order valence-corrected chi connectivity index (χ1v) is 11.6. The number of amides is 4. The number of rotatable bonds is 4. The first kappa shape index (κ1) is 23.6. The van der Waals surface area contributed by atoms with Crippen molar-refractivity contribution >= 4 is 67.4 Å². The normalized spacial score (nSPS) is 14.9. The van der Waals surface area contributed by atoms with Crippen molar-refractivity contribution in [2.45, 2.75) is 6.92 Å². The molecule has 1 heterocycles. The molecule has 0 radical (unpaired) electrons. The van der Waals surface area contributed by atoms with Gasteiger partial charge in [0.2, 0.25) is 0 Å². The molecule has 1 aliphatic heterocycles. The monoisotopic (exact) mass is 582 g/mol. The number of urea groups is 1. The Labute approximate surface area is 211 Å². The molecule has 1 N–H and O–H groups in total.